The molecule has 0 radical (unpaired) electrons. The minimum atomic E-state index is -0.628. The zero-order valence-electron chi connectivity index (χ0n) is 18.6. The summed E-state index contributed by atoms with van der Waals surface area (Å²) in [6.45, 7) is 1.39. The van der Waals surface area contributed by atoms with Crippen molar-refractivity contribution >= 4 is 11.2 Å². The first-order chi connectivity index (χ1) is 16.6. The van der Waals surface area contributed by atoms with Crippen LogP contribution in [-0.4, -0.2) is 35.9 Å². The zero-order valence-corrected chi connectivity index (χ0v) is 18.6. The van der Waals surface area contributed by atoms with Crippen LogP contribution in [0.2, 0.25) is 0 Å². The number of benzene rings is 1. The molecule has 1 saturated heterocycles. The third-order valence-corrected chi connectivity index (χ3v) is 7.23. The second-order valence-electron chi connectivity index (χ2n) is 9.58. The number of halogens is 2. The molecule has 34 heavy (non-hydrogen) atoms. The molecule has 0 spiro atoms. The molecule has 0 unspecified atom stereocenters. The highest BCUT2D eigenvalue weighted by atomic mass is 19.1. The molecule has 2 atom stereocenters. The van der Waals surface area contributed by atoms with Crippen LogP contribution >= 0.6 is 0 Å². The van der Waals surface area contributed by atoms with Gasteiger partial charge in [-0.1, -0.05) is 0 Å². The number of hydrogen-bond acceptors (Lipinski definition) is 5. The Hall–Kier alpha value is -3.20. The average molecular weight is 463 g/mol. The molecule has 7 nitrogen and oxygen atoms in total. The van der Waals surface area contributed by atoms with Crippen LogP contribution in [0.3, 0.4) is 0 Å². The molecule has 2 aliphatic heterocycles. The molecule has 3 aromatic heterocycles. The Labute approximate surface area is 194 Å². The Morgan fingerprint density at radius 1 is 1.06 bits per heavy atom. The van der Waals surface area contributed by atoms with Crippen molar-refractivity contribution in [3.63, 3.8) is 0 Å². The van der Waals surface area contributed by atoms with Crippen molar-refractivity contribution in [2.24, 2.45) is 0 Å². The largest absolute Gasteiger partial charge is 0.373 e. The summed E-state index contributed by atoms with van der Waals surface area (Å²) in [5.41, 5.74) is 3.16. The maximum atomic E-state index is 14.9. The van der Waals surface area contributed by atoms with E-state index >= 15 is 0 Å². The van der Waals surface area contributed by atoms with Crippen LogP contribution in [0.25, 0.3) is 22.4 Å². The molecule has 0 bridgehead atoms. The van der Waals surface area contributed by atoms with Crippen LogP contribution in [0, 0.1) is 11.6 Å². The lowest BCUT2D eigenvalue weighted by molar-refractivity contribution is 0.00396. The Kier molecular flexibility index (Phi) is 4.55. The van der Waals surface area contributed by atoms with E-state index < -0.39 is 11.6 Å². The number of nitrogens with zero attached hydrogens (tertiary/aromatic N) is 6. The Morgan fingerprint density at radius 2 is 1.97 bits per heavy atom. The number of ether oxygens (including phenoxy) is 1. The van der Waals surface area contributed by atoms with Crippen LogP contribution in [0.4, 0.5) is 8.78 Å². The van der Waals surface area contributed by atoms with Crippen LogP contribution in [0.5, 0.6) is 0 Å². The maximum absolute atomic E-state index is 14.9. The molecule has 3 aliphatic rings. The van der Waals surface area contributed by atoms with Gasteiger partial charge in [-0.2, -0.15) is 5.10 Å². The summed E-state index contributed by atoms with van der Waals surface area (Å²) in [7, 11) is 0. The smallest absolute Gasteiger partial charge is 0.181 e. The first kappa shape index (κ1) is 20.2. The van der Waals surface area contributed by atoms with E-state index in [-0.39, 0.29) is 17.6 Å². The molecule has 1 aromatic carbocycles. The van der Waals surface area contributed by atoms with Crippen molar-refractivity contribution in [2.75, 3.05) is 6.61 Å². The van der Waals surface area contributed by atoms with E-state index in [1.807, 2.05) is 10.9 Å². The molecule has 4 aromatic rings. The summed E-state index contributed by atoms with van der Waals surface area (Å²) < 4.78 is 38.7. The fraction of sp³-hybridized carbons (Fsp3) is 0.440. The van der Waals surface area contributed by atoms with Gasteiger partial charge in [0.05, 0.1) is 18.3 Å². The highest BCUT2D eigenvalue weighted by molar-refractivity contribution is 5.88. The van der Waals surface area contributed by atoms with Gasteiger partial charge in [0.25, 0.3) is 0 Å². The summed E-state index contributed by atoms with van der Waals surface area (Å²) in [5.74, 6) is 0.404. The maximum Gasteiger partial charge on any atom is 0.181 e. The van der Waals surface area contributed by atoms with Crippen molar-refractivity contribution in [2.45, 2.75) is 63.1 Å². The van der Waals surface area contributed by atoms with Gasteiger partial charge in [-0.25, -0.2) is 23.7 Å². The van der Waals surface area contributed by atoms with E-state index in [1.165, 1.54) is 25.0 Å². The quantitative estimate of drug-likeness (QED) is 0.432. The number of rotatable bonds is 4. The predicted octanol–water partition coefficient (Wildman–Crippen LogP) is 4.88. The van der Waals surface area contributed by atoms with Gasteiger partial charge in [-0.15, -0.1) is 0 Å². The lowest BCUT2D eigenvalue weighted by Gasteiger charge is -2.28. The third kappa shape index (κ3) is 3.33. The van der Waals surface area contributed by atoms with E-state index in [0.29, 0.717) is 29.8 Å². The van der Waals surface area contributed by atoms with E-state index in [0.717, 1.165) is 55.2 Å². The molecule has 5 heterocycles. The Balaban J connectivity index is 1.30. The second kappa shape index (κ2) is 7.66. The topological polar surface area (TPSA) is 70.7 Å². The van der Waals surface area contributed by atoms with Gasteiger partial charge in [-0.05, 0) is 44.2 Å². The number of hydrogen-bond donors (Lipinski definition) is 0. The molecular formula is C25H24F2N6O. The van der Waals surface area contributed by atoms with Crippen LogP contribution < -0.4 is 0 Å². The summed E-state index contributed by atoms with van der Waals surface area (Å²) in [6.07, 6.45) is 9.62. The van der Waals surface area contributed by atoms with Gasteiger partial charge in [0, 0.05) is 48.9 Å². The fourth-order valence-corrected chi connectivity index (χ4v) is 5.30. The Morgan fingerprint density at radius 3 is 2.82 bits per heavy atom. The molecule has 7 rings (SSSR count). The number of fused-ring (bicyclic) bond motifs is 3. The average Bonchev–Trinajstić information content (AvgIpc) is 3.24. The molecule has 174 valence electrons. The molecule has 0 N–H and O–H groups in total. The summed E-state index contributed by atoms with van der Waals surface area (Å²) in [5, 5.41) is 4.51. The third-order valence-electron chi connectivity index (χ3n) is 7.23. The molecule has 2 fully saturated rings. The van der Waals surface area contributed by atoms with Gasteiger partial charge < -0.3 is 9.30 Å². The standard InChI is InChI=1S/C25H24F2N6O/c26-16-3-6-18(19(27)11-16)22-23-25(29-21-2-1-8-32(21)23)31-24(30-22)14-7-9-34-20(10-14)15-12-28-33(13-15)17-4-5-17/h3,6,11-14,17,20H,1-2,4-5,7-10H2/t14-,20+/m0/s1. The van der Waals surface area contributed by atoms with E-state index in [4.69, 9.17) is 19.7 Å². The molecular weight excluding hydrogens is 438 g/mol. The van der Waals surface area contributed by atoms with Crippen molar-refractivity contribution in [1.82, 2.24) is 29.3 Å². The minimum Gasteiger partial charge on any atom is -0.373 e. The normalized spacial score (nSPS) is 22.4. The van der Waals surface area contributed by atoms with Gasteiger partial charge in [-0.3, -0.25) is 4.68 Å². The Bertz CT molecular complexity index is 1410. The zero-order chi connectivity index (χ0) is 22.8. The van der Waals surface area contributed by atoms with E-state index in [2.05, 4.69) is 15.9 Å². The van der Waals surface area contributed by atoms with Gasteiger partial charge >= 0.3 is 0 Å². The molecule has 1 saturated carbocycles. The number of aromatic nitrogens is 6. The molecule has 9 heteroatoms. The van der Waals surface area contributed by atoms with Gasteiger partial charge in [0.2, 0.25) is 0 Å². The van der Waals surface area contributed by atoms with Crippen LogP contribution in [0.15, 0.2) is 30.6 Å². The highest BCUT2D eigenvalue weighted by Crippen LogP contribution is 2.40. The van der Waals surface area contributed by atoms with Crippen LogP contribution in [-0.2, 0) is 17.7 Å². The van der Waals surface area contributed by atoms with E-state index in [9.17, 15) is 8.78 Å². The number of aryl methyl sites for hydroxylation is 2. The van der Waals surface area contributed by atoms with Crippen molar-refractivity contribution < 1.29 is 13.5 Å². The van der Waals surface area contributed by atoms with Crippen LogP contribution in [0.1, 0.15) is 67.4 Å². The summed E-state index contributed by atoms with van der Waals surface area (Å²) >= 11 is 0. The lowest BCUT2D eigenvalue weighted by atomic mass is 9.92. The number of imidazole rings is 1. The van der Waals surface area contributed by atoms with Gasteiger partial charge in [0.15, 0.2) is 5.65 Å². The SMILES string of the molecule is Fc1ccc(-c2nc([C@H]3CCO[C@@H](c4cnn(C5CC5)c4)C3)nc3nc4n(c23)CCC4)c(F)c1. The van der Waals surface area contributed by atoms with E-state index in [1.54, 1.807) is 0 Å². The monoisotopic (exact) mass is 462 g/mol. The first-order valence-corrected chi connectivity index (χ1v) is 12.0. The van der Waals surface area contributed by atoms with Crippen molar-refractivity contribution in [1.29, 1.82) is 0 Å². The first-order valence-electron chi connectivity index (χ1n) is 12.0. The van der Waals surface area contributed by atoms with Crippen molar-refractivity contribution in [3.8, 4) is 11.3 Å². The minimum absolute atomic E-state index is 0.0474. The molecule has 1 aliphatic carbocycles. The fourth-order valence-electron chi connectivity index (χ4n) is 5.30. The molecule has 0 amide bonds. The highest BCUT2D eigenvalue weighted by Gasteiger charge is 2.32. The second-order valence-corrected chi connectivity index (χ2v) is 9.58. The summed E-state index contributed by atoms with van der Waals surface area (Å²) in [6, 6.07) is 4.17. The van der Waals surface area contributed by atoms with Gasteiger partial charge in [0.1, 0.15) is 34.5 Å². The lowest BCUT2D eigenvalue weighted by Crippen LogP contribution is -2.20. The predicted molar refractivity (Wildman–Crippen MR) is 120 cm³/mol. The summed E-state index contributed by atoms with van der Waals surface area (Å²) in [4.78, 5) is 14.5. The van der Waals surface area contributed by atoms with Crippen molar-refractivity contribution in [3.05, 3.63) is 59.4 Å².